The molecule has 1 nitrogen and oxygen atoms in total. The maximum Gasteiger partial charge on any atom is -0.00115 e. The van der Waals surface area contributed by atoms with Crippen LogP contribution in [0.1, 0.15) is 57.8 Å². The average molecular weight is 207 g/mol. The summed E-state index contributed by atoms with van der Waals surface area (Å²) in [6.45, 7) is 2.48. The van der Waals surface area contributed by atoms with Crippen molar-refractivity contribution >= 4 is 0 Å². The molecule has 0 saturated heterocycles. The Hall–Kier alpha value is -0.300. The van der Waals surface area contributed by atoms with Gasteiger partial charge >= 0.3 is 0 Å². The molecule has 2 aliphatic carbocycles. The molecule has 0 atom stereocenters. The molecule has 0 unspecified atom stereocenters. The summed E-state index contributed by atoms with van der Waals surface area (Å²) < 4.78 is 0. The molecule has 1 heteroatoms. The summed E-state index contributed by atoms with van der Waals surface area (Å²) in [4.78, 5) is 0. The van der Waals surface area contributed by atoms with Crippen molar-refractivity contribution in [2.24, 2.45) is 5.92 Å². The highest BCUT2D eigenvalue weighted by Crippen LogP contribution is 2.24. The van der Waals surface area contributed by atoms with Crippen LogP contribution in [0.5, 0.6) is 0 Å². The molecule has 0 spiro atoms. The summed E-state index contributed by atoms with van der Waals surface area (Å²) in [6, 6.07) is 0. The van der Waals surface area contributed by atoms with Crippen molar-refractivity contribution in [1.82, 2.24) is 5.32 Å². The summed E-state index contributed by atoms with van der Waals surface area (Å²) in [7, 11) is 0. The fourth-order valence-electron chi connectivity index (χ4n) is 2.90. The Labute approximate surface area is 94.3 Å². The Morgan fingerprint density at radius 1 is 1.13 bits per heavy atom. The molecule has 0 radical (unpaired) electrons. The SMILES string of the molecule is C1=C(CCNCC2CCCC2)CCCC1. The molecule has 0 aromatic rings. The highest BCUT2D eigenvalue weighted by Gasteiger charge is 2.13. The Morgan fingerprint density at radius 3 is 2.73 bits per heavy atom. The number of nitrogens with one attached hydrogen (secondary N) is 1. The zero-order valence-corrected chi connectivity index (χ0v) is 9.93. The van der Waals surface area contributed by atoms with E-state index in [1.165, 1.54) is 70.9 Å². The molecule has 0 aromatic heterocycles. The van der Waals surface area contributed by atoms with E-state index in [-0.39, 0.29) is 0 Å². The van der Waals surface area contributed by atoms with Crippen LogP contribution in [0.4, 0.5) is 0 Å². The molecule has 1 fully saturated rings. The fraction of sp³-hybridized carbons (Fsp3) is 0.857. The van der Waals surface area contributed by atoms with Crippen LogP contribution in [0.25, 0.3) is 0 Å². The van der Waals surface area contributed by atoms with Crippen LogP contribution in [0.15, 0.2) is 11.6 Å². The van der Waals surface area contributed by atoms with Crippen molar-refractivity contribution in [3.05, 3.63) is 11.6 Å². The number of rotatable bonds is 5. The van der Waals surface area contributed by atoms with E-state index in [0.717, 1.165) is 5.92 Å². The predicted molar refractivity (Wildman–Crippen MR) is 66.0 cm³/mol. The van der Waals surface area contributed by atoms with Crippen LogP contribution in [0, 0.1) is 5.92 Å². The maximum atomic E-state index is 3.63. The number of hydrogen-bond acceptors (Lipinski definition) is 1. The highest BCUT2D eigenvalue weighted by atomic mass is 14.9. The van der Waals surface area contributed by atoms with Crippen molar-refractivity contribution in [1.29, 1.82) is 0 Å². The lowest BCUT2D eigenvalue weighted by atomic mass is 9.97. The van der Waals surface area contributed by atoms with Crippen LogP contribution in [0.2, 0.25) is 0 Å². The first-order chi connectivity index (χ1) is 7.45. The zero-order valence-electron chi connectivity index (χ0n) is 9.93. The normalized spacial score (nSPS) is 23.1. The van der Waals surface area contributed by atoms with Gasteiger partial charge in [-0.2, -0.15) is 0 Å². The Bertz CT molecular complexity index is 201. The van der Waals surface area contributed by atoms with Gasteiger partial charge in [-0.25, -0.2) is 0 Å². The van der Waals surface area contributed by atoms with E-state index in [1.807, 2.05) is 0 Å². The summed E-state index contributed by atoms with van der Waals surface area (Å²) in [6.07, 6.45) is 15.2. The third-order valence-electron chi connectivity index (χ3n) is 3.92. The third kappa shape index (κ3) is 3.98. The van der Waals surface area contributed by atoms with Gasteiger partial charge in [0, 0.05) is 0 Å². The molecule has 0 aliphatic heterocycles. The lowest BCUT2D eigenvalue weighted by molar-refractivity contribution is 0.489. The standard InChI is InChI=1S/C14H25N/c1-2-6-13(7-3-1)10-11-15-12-14-8-4-5-9-14/h6,14-15H,1-5,7-12H2. The highest BCUT2D eigenvalue weighted by molar-refractivity contribution is 5.05. The quantitative estimate of drug-likeness (QED) is 0.536. The first-order valence-corrected chi connectivity index (χ1v) is 6.84. The van der Waals surface area contributed by atoms with E-state index in [2.05, 4.69) is 11.4 Å². The third-order valence-corrected chi connectivity index (χ3v) is 3.92. The molecular weight excluding hydrogens is 182 g/mol. The molecule has 1 saturated carbocycles. The van der Waals surface area contributed by atoms with Crippen LogP contribution in [0.3, 0.4) is 0 Å². The van der Waals surface area contributed by atoms with Gasteiger partial charge in [0.2, 0.25) is 0 Å². The summed E-state index contributed by atoms with van der Waals surface area (Å²) >= 11 is 0. The second-order valence-corrected chi connectivity index (χ2v) is 5.21. The molecule has 0 amide bonds. The lowest BCUT2D eigenvalue weighted by Gasteiger charge is -2.14. The van der Waals surface area contributed by atoms with E-state index in [4.69, 9.17) is 0 Å². The van der Waals surface area contributed by atoms with Crippen molar-refractivity contribution in [2.45, 2.75) is 57.8 Å². The summed E-state index contributed by atoms with van der Waals surface area (Å²) in [5, 5.41) is 3.63. The van der Waals surface area contributed by atoms with Crippen molar-refractivity contribution in [2.75, 3.05) is 13.1 Å². The van der Waals surface area contributed by atoms with Gasteiger partial charge in [-0.05, 0) is 64.0 Å². The van der Waals surface area contributed by atoms with Gasteiger partial charge < -0.3 is 5.32 Å². The first kappa shape index (κ1) is 11.2. The predicted octanol–water partition coefficient (Wildman–Crippen LogP) is 3.66. The number of allylic oxidation sites excluding steroid dienone is 1. The monoisotopic (exact) mass is 207 g/mol. The molecule has 0 heterocycles. The van der Waals surface area contributed by atoms with Crippen molar-refractivity contribution in [3.8, 4) is 0 Å². The molecule has 86 valence electrons. The van der Waals surface area contributed by atoms with E-state index >= 15 is 0 Å². The summed E-state index contributed by atoms with van der Waals surface area (Å²) in [5.41, 5.74) is 1.71. The van der Waals surface area contributed by atoms with E-state index in [9.17, 15) is 0 Å². The molecule has 1 N–H and O–H groups in total. The number of hydrogen-bond donors (Lipinski definition) is 1. The second kappa shape index (κ2) is 6.32. The van der Waals surface area contributed by atoms with Crippen LogP contribution >= 0.6 is 0 Å². The Morgan fingerprint density at radius 2 is 2.00 bits per heavy atom. The van der Waals surface area contributed by atoms with Gasteiger partial charge in [-0.1, -0.05) is 24.5 Å². The Kier molecular flexibility index (Phi) is 4.72. The molecule has 15 heavy (non-hydrogen) atoms. The Balaban J connectivity index is 1.52. The van der Waals surface area contributed by atoms with Crippen molar-refractivity contribution < 1.29 is 0 Å². The molecule has 2 aliphatic rings. The van der Waals surface area contributed by atoms with Gasteiger partial charge in [0.05, 0.1) is 0 Å². The smallest absolute Gasteiger partial charge is 0.00115 e. The van der Waals surface area contributed by atoms with Gasteiger partial charge in [0.25, 0.3) is 0 Å². The second-order valence-electron chi connectivity index (χ2n) is 5.21. The van der Waals surface area contributed by atoms with E-state index in [1.54, 1.807) is 5.57 Å². The minimum atomic E-state index is 0.991. The molecule has 2 rings (SSSR count). The molecular formula is C14H25N. The average Bonchev–Trinajstić information content (AvgIpc) is 2.79. The van der Waals surface area contributed by atoms with Gasteiger partial charge in [0.15, 0.2) is 0 Å². The van der Waals surface area contributed by atoms with Gasteiger partial charge in [0.1, 0.15) is 0 Å². The van der Waals surface area contributed by atoms with Gasteiger partial charge in [-0.15, -0.1) is 0 Å². The van der Waals surface area contributed by atoms with Crippen LogP contribution in [-0.2, 0) is 0 Å². The topological polar surface area (TPSA) is 12.0 Å². The van der Waals surface area contributed by atoms with Gasteiger partial charge in [-0.3, -0.25) is 0 Å². The van der Waals surface area contributed by atoms with Crippen LogP contribution in [-0.4, -0.2) is 13.1 Å². The minimum absolute atomic E-state index is 0.991. The summed E-state index contributed by atoms with van der Waals surface area (Å²) in [5.74, 6) is 0.991. The largest absolute Gasteiger partial charge is 0.316 e. The maximum absolute atomic E-state index is 3.63. The van der Waals surface area contributed by atoms with Crippen molar-refractivity contribution in [3.63, 3.8) is 0 Å². The molecule has 0 bridgehead atoms. The minimum Gasteiger partial charge on any atom is -0.316 e. The fourth-order valence-corrected chi connectivity index (χ4v) is 2.90. The van der Waals surface area contributed by atoms with E-state index < -0.39 is 0 Å². The molecule has 0 aromatic carbocycles. The first-order valence-electron chi connectivity index (χ1n) is 6.84. The zero-order chi connectivity index (χ0) is 10.3. The van der Waals surface area contributed by atoms with Crippen LogP contribution < -0.4 is 5.32 Å². The van der Waals surface area contributed by atoms with E-state index in [0.29, 0.717) is 0 Å². The lowest BCUT2D eigenvalue weighted by Crippen LogP contribution is -2.22.